The van der Waals surface area contributed by atoms with Crippen molar-refractivity contribution in [2.75, 3.05) is 0 Å². The molecular formula is C11H10BrN. The Kier molecular flexibility index (Phi) is 3.65. The van der Waals surface area contributed by atoms with Crippen LogP contribution in [-0.4, -0.2) is 4.98 Å². The van der Waals surface area contributed by atoms with Gasteiger partial charge in [0.05, 0.1) is 5.69 Å². The van der Waals surface area contributed by atoms with E-state index in [2.05, 4.69) is 34.1 Å². The molecule has 13 heavy (non-hydrogen) atoms. The van der Waals surface area contributed by atoms with Crippen LogP contribution >= 0.6 is 15.9 Å². The molecule has 2 heteroatoms. The summed E-state index contributed by atoms with van der Waals surface area (Å²) in [5.74, 6) is 0. The molecule has 1 heterocycles. The third kappa shape index (κ3) is 2.99. The molecule has 0 bridgehead atoms. The predicted octanol–water partition coefficient (Wildman–Crippen LogP) is 3.56. The molecule has 0 spiro atoms. The van der Waals surface area contributed by atoms with Gasteiger partial charge >= 0.3 is 0 Å². The summed E-state index contributed by atoms with van der Waals surface area (Å²) in [6.07, 6.45) is 5.40. The predicted molar refractivity (Wildman–Crippen MR) is 60.5 cm³/mol. The minimum Gasteiger partial charge on any atom is -0.256 e. The summed E-state index contributed by atoms with van der Waals surface area (Å²) in [5.41, 5.74) is 1.86. The van der Waals surface area contributed by atoms with Crippen molar-refractivity contribution in [1.82, 2.24) is 4.98 Å². The maximum Gasteiger partial charge on any atom is 0.0702 e. The molecular weight excluding hydrogens is 226 g/mol. The average molecular weight is 236 g/mol. The lowest BCUT2D eigenvalue weighted by molar-refractivity contribution is 1.28. The van der Waals surface area contributed by atoms with Gasteiger partial charge in [0.1, 0.15) is 0 Å². The summed E-state index contributed by atoms with van der Waals surface area (Å²) < 4.78 is 0.813. The van der Waals surface area contributed by atoms with Crippen molar-refractivity contribution in [1.29, 1.82) is 0 Å². The lowest BCUT2D eigenvalue weighted by atomic mass is 10.1. The molecule has 0 saturated heterocycles. The molecule has 66 valence electrons. The zero-order chi connectivity index (χ0) is 9.68. The molecule has 0 amide bonds. The highest BCUT2D eigenvalue weighted by molar-refractivity contribution is 9.11. The minimum absolute atomic E-state index is 0.813. The van der Waals surface area contributed by atoms with Crippen molar-refractivity contribution >= 4 is 21.5 Å². The fraction of sp³-hybridized carbons (Fsp3) is 0. The Bertz CT molecular complexity index is 338. The lowest BCUT2D eigenvalue weighted by Gasteiger charge is -1.99. The van der Waals surface area contributed by atoms with Crippen LogP contribution in [0.1, 0.15) is 5.69 Å². The van der Waals surface area contributed by atoms with E-state index in [1.54, 1.807) is 12.3 Å². The van der Waals surface area contributed by atoms with Crippen LogP contribution < -0.4 is 0 Å². The Balaban J connectivity index is 3.05. The van der Waals surface area contributed by atoms with E-state index in [1.807, 2.05) is 24.3 Å². The second-order valence-corrected chi connectivity index (χ2v) is 3.48. The van der Waals surface area contributed by atoms with Gasteiger partial charge in [-0.25, -0.2) is 0 Å². The number of aromatic nitrogens is 1. The molecule has 0 aromatic carbocycles. The van der Waals surface area contributed by atoms with Gasteiger partial charge in [-0.2, -0.15) is 0 Å². The molecule has 0 aliphatic rings. The van der Waals surface area contributed by atoms with Gasteiger partial charge in [-0.3, -0.25) is 4.98 Å². The van der Waals surface area contributed by atoms with E-state index in [1.165, 1.54) is 0 Å². The minimum atomic E-state index is 0.813. The molecule has 0 unspecified atom stereocenters. The summed E-state index contributed by atoms with van der Waals surface area (Å²) in [6.45, 7) is 7.45. The molecule has 1 rings (SSSR count). The third-order valence-electron chi connectivity index (χ3n) is 1.49. The van der Waals surface area contributed by atoms with E-state index in [0.29, 0.717) is 0 Å². The van der Waals surface area contributed by atoms with E-state index < -0.39 is 0 Å². The summed E-state index contributed by atoms with van der Waals surface area (Å²) >= 11 is 3.27. The number of hydrogen-bond donors (Lipinski definition) is 0. The molecule has 0 fully saturated rings. The number of pyridine rings is 1. The highest BCUT2D eigenvalue weighted by atomic mass is 79.9. The maximum atomic E-state index is 4.20. The molecule has 0 atom stereocenters. The normalized spacial score (nSPS) is 11.0. The zero-order valence-electron chi connectivity index (χ0n) is 7.20. The topological polar surface area (TPSA) is 12.9 Å². The number of allylic oxidation sites excluding steroid dienone is 4. The molecule has 1 aromatic heterocycles. The van der Waals surface area contributed by atoms with Gasteiger partial charge in [0, 0.05) is 16.3 Å². The summed E-state index contributed by atoms with van der Waals surface area (Å²) in [6, 6.07) is 5.76. The first-order valence-electron chi connectivity index (χ1n) is 3.84. The van der Waals surface area contributed by atoms with Crippen molar-refractivity contribution in [3.05, 3.63) is 59.9 Å². The van der Waals surface area contributed by atoms with E-state index in [4.69, 9.17) is 0 Å². The Morgan fingerprint density at radius 1 is 1.46 bits per heavy atom. The van der Waals surface area contributed by atoms with Crippen molar-refractivity contribution < 1.29 is 0 Å². The SMILES string of the molecule is C=C/C(=C\C(=C)Br)c1ccccn1. The molecule has 0 aliphatic heterocycles. The Labute approximate surface area is 86.6 Å². The average Bonchev–Trinajstić information content (AvgIpc) is 2.15. The first kappa shape index (κ1) is 9.93. The Hall–Kier alpha value is -1.15. The van der Waals surface area contributed by atoms with Crippen LogP contribution in [0.3, 0.4) is 0 Å². The highest BCUT2D eigenvalue weighted by Gasteiger charge is 1.96. The van der Waals surface area contributed by atoms with E-state index >= 15 is 0 Å². The monoisotopic (exact) mass is 235 g/mol. The van der Waals surface area contributed by atoms with Crippen LogP contribution in [0.5, 0.6) is 0 Å². The van der Waals surface area contributed by atoms with Gasteiger partial charge in [0.25, 0.3) is 0 Å². The van der Waals surface area contributed by atoms with Gasteiger partial charge in [-0.1, -0.05) is 41.2 Å². The highest BCUT2D eigenvalue weighted by Crippen LogP contribution is 2.16. The summed E-state index contributed by atoms with van der Waals surface area (Å²) in [5, 5.41) is 0. The van der Waals surface area contributed by atoms with Gasteiger partial charge in [0.2, 0.25) is 0 Å². The standard InChI is InChI=1S/C11H10BrN/c1-3-10(8-9(2)12)11-6-4-5-7-13-11/h3-8H,1-2H2/b10-8+. The second-order valence-electron chi connectivity index (χ2n) is 2.47. The number of halogens is 1. The van der Waals surface area contributed by atoms with Crippen molar-refractivity contribution in [2.45, 2.75) is 0 Å². The van der Waals surface area contributed by atoms with Crippen molar-refractivity contribution in [2.24, 2.45) is 0 Å². The molecule has 0 radical (unpaired) electrons. The number of nitrogens with zero attached hydrogens (tertiary/aromatic N) is 1. The van der Waals surface area contributed by atoms with E-state index in [-0.39, 0.29) is 0 Å². The second kappa shape index (κ2) is 4.77. The first-order valence-corrected chi connectivity index (χ1v) is 4.63. The first-order chi connectivity index (χ1) is 6.24. The fourth-order valence-corrected chi connectivity index (χ4v) is 1.19. The lowest BCUT2D eigenvalue weighted by Crippen LogP contribution is -1.84. The van der Waals surface area contributed by atoms with Crippen LogP contribution in [0.2, 0.25) is 0 Å². The van der Waals surface area contributed by atoms with E-state index in [9.17, 15) is 0 Å². The quantitative estimate of drug-likeness (QED) is 0.731. The van der Waals surface area contributed by atoms with Crippen LogP contribution in [0.15, 0.2) is 54.2 Å². The third-order valence-corrected chi connectivity index (χ3v) is 1.72. The number of rotatable bonds is 3. The summed E-state index contributed by atoms with van der Waals surface area (Å²) in [4.78, 5) is 4.20. The Morgan fingerprint density at radius 2 is 2.23 bits per heavy atom. The zero-order valence-corrected chi connectivity index (χ0v) is 8.79. The van der Waals surface area contributed by atoms with Crippen LogP contribution in [-0.2, 0) is 0 Å². The van der Waals surface area contributed by atoms with Crippen LogP contribution in [0, 0.1) is 0 Å². The smallest absolute Gasteiger partial charge is 0.0702 e. The van der Waals surface area contributed by atoms with Crippen LogP contribution in [0.4, 0.5) is 0 Å². The molecule has 0 saturated carbocycles. The maximum absolute atomic E-state index is 4.20. The van der Waals surface area contributed by atoms with Crippen molar-refractivity contribution in [3.8, 4) is 0 Å². The molecule has 1 nitrogen and oxygen atoms in total. The van der Waals surface area contributed by atoms with Crippen molar-refractivity contribution in [3.63, 3.8) is 0 Å². The largest absolute Gasteiger partial charge is 0.256 e. The van der Waals surface area contributed by atoms with Gasteiger partial charge < -0.3 is 0 Å². The summed E-state index contributed by atoms with van der Waals surface area (Å²) in [7, 11) is 0. The van der Waals surface area contributed by atoms with Gasteiger partial charge in [0.15, 0.2) is 0 Å². The van der Waals surface area contributed by atoms with Crippen LogP contribution in [0.25, 0.3) is 5.57 Å². The Morgan fingerprint density at radius 3 is 2.69 bits per heavy atom. The number of hydrogen-bond acceptors (Lipinski definition) is 1. The molecule has 0 aliphatic carbocycles. The van der Waals surface area contributed by atoms with Gasteiger partial charge in [-0.05, 0) is 18.2 Å². The van der Waals surface area contributed by atoms with Gasteiger partial charge in [-0.15, -0.1) is 0 Å². The fourth-order valence-electron chi connectivity index (χ4n) is 0.940. The molecule has 1 aromatic rings. The van der Waals surface area contributed by atoms with E-state index in [0.717, 1.165) is 15.7 Å². The molecule has 0 N–H and O–H groups in total.